The average Bonchev–Trinajstić information content (AvgIpc) is 3.13. The van der Waals surface area contributed by atoms with E-state index in [1.165, 1.54) is 18.2 Å². The number of nitrogens with one attached hydrogen (secondary N) is 2. The van der Waals surface area contributed by atoms with Crippen molar-refractivity contribution in [3.63, 3.8) is 0 Å². The predicted molar refractivity (Wildman–Crippen MR) is 92.1 cm³/mol. The zero-order valence-corrected chi connectivity index (χ0v) is 13.6. The molecule has 130 valence electrons. The Labute approximate surface area is 145 Å². The van der Waals surface area contributed by atoms with Crippen LogP contribution in [0, 0.1) is 5.82 Å². The van der Waals surface area contributed by atoms with Gasteiger partial charge in [-0.1, -0.05) is 18.2 Å². The summed E-state index contributed by atoms with van der Waals surface area (Å²) in [7, 11) is 0. The first-order valence-corrected chi connectivity index (χ1v) is 8.19. The van der Waals surface area contributed by atoms with Gasteiger partial charge in [0.2, 0.25) is 0 Å². The summed E-state index contributed by atoms with van der Waals surface area (Å²) in [5.74, 6) is -1.25. The summed E-state index contributed by atoms with van der Waals surface area (Å²) in [6.07, 6.45) is 1.97. The number of amides is 2. The fraction of sp³-hybridized carbons (Fsp3) is 0.263. The van der Waals surface area contributed by atoms with Crippen molar-refractivity contribution in [1.29, 1.82) is 0 Å². The van der Waals surface area contributed by atoms with Crippen molar-refractivity contribution in [1.82, 2.24) is 5.32 Å². The highest BCUT2D eigenvalue weighted by Crippen LogP contribution is 2.17. The summed E-state index contributed by atoms with van der Waals surface area (Å²) in [5.41, 5.74) is 0.918. The molecule has 2 aromatic rings. The van der Waals surface area contributed by atoms with Crippen LogP contribution in [0.4, 0.5) is 10.1 Å². The van der Waals surface area contributed by atoms with Crippen LogP contribution < -0.4 is 10.6 Å². The zero-order chi connectivity index (χ0) is 17.6. The first-order valence-electron chi connectivity index (χ1n) is 8.19. The van der Waals surface area contributed by atoms with Gasteiger partial charge in [-0.3, -0.25) is 9.59 Å². The van der Waals surface area contributed by atoms with Gasteiger partial charge >= 0.3 is 0 Å². The summed E-state index contributed by atoms with van der Waals surface area (Å²) in [6.45, 7) is 1.16. The molecule has 2 aromatic carbocycles. The van der Waals surface area contributed by atoms with E-state index in [0.717, 1.165) is 25.5 Å². The minimum atomic E-state index is -0.491. The molecule has 1 saturated heterocycles. The molecule has 1 atom stereocenters. The Balaban J connectivity index is 1.69. The highest BCUT2D eigenvalue weighted by atomic mass is 19.1. The quantitative estimate of drug-likeness (QED) is 0.878. The summed E-state index contributed by atoms with van der Waals surface area (Å²) in [5, 5.41) is 5.49. The van der Waals surface area contributed by atoms with E-state index in [1.807, 2.05) is 0 Å². The molecule has 0 aliphatic carbocycles. The zero-order valence-electron chi connectivity index (χ0n) is 13.6. The lowest BCUT2D eigenvalue weighted by molar-refractivity contribution is 0.0858. The average molecular weight is 342 g/mol. The lowest BCUT2D eigenvalue weighted by Gasteiger charge is -2.14. The van der Waals surface area contributed by atoms with Gasteiger partial charge in [-0.15, -0.1) is 0 Å². The van der Waals surface area contributed by atoms with Gasteiger partial charge in [-0.05, 0) is 43.2 Å². The maximum atomic E-state index is 13.3. The number of carbonyl (C=O) groups excluding carboxylic acids is 2. The van der Waals surface area contributed by atoms with E-state index < -0.39 is 11.7 Å². The standard InChI is InChI=1S/C19H19FN2O3/c20-14-6-3-5-13(11-14)18(23)22-17-9-2-1-8-16(17)19(24)21-12-15-7-4-10-25-15/h1-3,5-6,8-9,11,15H,4,7,10,12H2,(H,21,24)(H,22,23). The van der Waals surface area contributed by atoms with Crippen LogP contribution in [-0.2, 0) is 4.74 Å². The van der Waals surface area contributed by atoms with Crippen LogP contribution in [0.1, 0.15) is 33.6 Å². The van der Waals surface area contributed by atoms with E-state index in [-0.39, 0.29) is 17.6 Å². The Morgan fingerprint density at radius 3 is 2.72 bits per heavy atom. The van der Waals surface area contributed by atoms with Crippen LogP contribution in [0.15, 0.2) is 48.5 Å². The lowest BCUT2D eigenvalue weighted by atomic mass is 10.1. The van der Waals surface area contributed by atoms with Gasteiger partial charge in [0, 0.05) is 18.7 Å². The van der Waals surface area contributed by atoms with E-state index in [9.17, 15) is 14.0 Å². The Bertz CT molecular complexity index is 773. The number of rotatable bonds is 5. The molecule has 5 nitrogen and oxygen atoms in total. The van der Waals surface area contributed by atoms with Crippen molar-refractivity contribution in [3.8, 4) is 0 Å². The molecule has 0 aromatic heterocycles. The molecule has 1 aliphatic heterocycles. The number of para-hydroxylation sites is 1. The molecule has 1 fully saturated rings. The summed E-state index contributed by atoms with van der Waals surface area (Å²) >= 11 is 0. The predicted octanol–water partition coefficient (Wildman–Crippen LogP) is 2.99. The van der Waals surface area contributed by atoms with Crippen LogP contribution in [0.5, 0.6) is 0 Å². The topological polar surface area (TPSA) is 67.4 Å². The van der Waals surface area contributed by atoms with Gasteiger partial charge in [0.05, 0.1) is 17.4 Å². The van der Waals surface area contributed by atoms with Crippen LogP contribution >= 0.6 is 0 Å². The maximum Gasteiger partial charge on any atom is 0.255 e. The third-order valence-electron chi connectivity index (χ3n) is 4.02. The number of halogens is 1. The second kappa shape index (κ2) is 7.90. The number of carbonyl (C=O) groups is 2. The number of benzene rings is 2. The minimum Gasteiger partial charge on any atom is -0.376 e. The lowest BCUT2D eigenvalue weighted by Crippen LogP contribution is -2.32. The molecule has 2 amide bonds. The molecule has 3 rings (SSSR count). The van der Waals surface area contributed by atoms with E-state index >= 15 is 0 Å². The van der Waals surface area contributed by atoms with Gasteiger partial charge in [0.1, 0.15) is 5.82 Å². The first-order chi connectivity index (χ1) is 12.1. The van der Waals surface area contributed by atoms with Crippen LogP contribution in [-0.4, -0.2) is 31.1 Å². The number of anilines is 1. The molecule has 2 N–H and O–H groups in total. The van der Waals surface area contributed by atoms with Gasteiger partial charge in [0.15, 0.2) is 0 Å². The van der Waals surface area contributed by atoms with Gasteiger partial charge in [0.25, 0.3) is 11.8 Å². The van der Waals surface area contributed by atoms with Crippen LogP contribution in [0.3, 0.4) is 0 Å². The third-order valence-corrected chi connectivity index (χ3v) is 4.02. The molecule has 0 radical (unpaired) electrons. The van der Waals surface area contributed by atoms with Gasteiger partial charge < -0.3 is 15.4 Å². The van der Waals surface area contributed by atoms with Crippen molar-refractivity contribution in [3.05, 3.63) is 65.5 Å². The Hall–Kier alpha value is -2.73. The van der Waals surface area contributed by atoms with Gasteiger partial charge in [-0.2, -0.15) is 0 Å². The Morgan fingerprint density at radius 2 is 1.96 bits per heavy atom. The van der Waals surface area contributed by atoms with Crippen LogP contribution in [0.25, 0.3) is 0 Å². The molecular formula is C19H19FN2O3. The van der Waals surface area contributed by atoms with Crippen molar-refractivity contribution >= 4 is 17.5 Å². The van der Waals surface area contributed by atoms with Crippen molar-refractivity contribution in [2.24, 2.45) is 0 Å². The highest BCUT2D eigenvalue weighted by molar-refractivity contribution is 6.09. The van der Waals surface area contributed by atoms with Crippen LogP contribution in [0.2, 0.25) is 0 Å². The highest BCUT2D eigenvalue weighted by Gasteiger charge is 2.18. The Morgan fingerprint density at radius 1 is 1.12 bits per heavy atom. The number of hydrogen-bond acceptors (Lipinski definition) is 3. The molecule has 1 heterocycles. The van der Waals surface area contributed by atoms with Crippen molar-refractivity contribution in [2.75, 3.05) is 18.5 Å². The van der Waals surface area contributed by atoms with Crippen molar-refractivity contribution < 1.29 is 18.7 Å². The molecule has 0 spiro atoms. The summed E-state index contributed by atoms with van der Waals surface area (Å²) in [4.78, 5) is 24.7. The van der Waals surface area contributed by atoms with E-state index in [0.29, 0.717) is 17.8 Å². The molecule has 1 aliphatic rings. The Kier molecular flexibility index (Phi) is 5.40. The maximum absolute atomic E-state index is 13.3. The largest absolute Gasteiger partial charge is 0.376 e. The molecule has 25 heavy (non-hydrogen) atoms. The SMILES string of the molecule is O=C(Nc1ccccc1C(=O)NCC1CCCO1)c1cccc(F)c1. The van der Waals surface area contributed by atoms with E-state index in [1.54, 1.807) is 24.3 Å². The molecule has 0 bridgehead atoms. The third kappa shape index (κ3) is 4.42. The van der Waals surface area contributed by atoms with Crippen molar-refractivity contribution in [2.45, 2.75) is 18.9 Å². The smallest absolute Gasteiger partial charge is 0.255 e. The van der Waals surface area contributed by atoms with E-state index in [2.05, 4.69) is 10.6 Å². The fourth-order valence-corrected chi connectivity index (χ4v) is 2.72. The molecular weight excluding hydrogens is 323 g/mol. The molecule has 1 unspecified atom stereocenters. The molecule has 6 heteroatoms. The number of hydrogen-bond donors (Lipinski definition) is 2. The monoisotopic (exact) mass is 342 g/mol. The normalized spacial score (nSPS) is 16.4. The second-order valence-electron chi connectivity index (χ2n) is 5.86. The van der Waals surface area contributed by atoms with E-state index in [4.69, 9.17) is 4.74 Å². The summed E-state index contributed by atoms with van der Waals surface area (Å²) in [6, 6.07) is 12.1. The second-order valence-corrected chi connectivity index (χ2v) is 5.86. The summed E-state index contributed by atoms with van der Waals surface area (Å²) < 4.78 is 18.7. The molecule has 0 saturated carbocycles. The fourth-order valence-electron chi connectivity index (χ4n) is 2.72. The first kappa shape index (κ1) is 17.1. The number of ether oxygens (including phenoxy) is 1. The minimum absolute atomic E-state index is 0.0398. The van der Waals surface area contributed by atoms with Gasteiger partial charge in [-0.25, -0.2) is 4.39 Å².